The first-order chi connectivity index (χ1) is 4.68. The predicted octanol–water partition coefficient (Wildman–Crippen LogP) is 0.617. The lowest BCUT2D eigenvalue weighted by molar-refractivity contribution is 0.217. The number of hydrogen-bond acceptors (Lipinski definition) is 1. The number of carbonyl (C=O) groups excluding carboxylic acids is 1. The van der Waals surface area contributed by atoms with E-state index in [0.717, 1.165) is 0 Å². The Morgan fingerprint density at radius 2 is 2.20 bits per heavy atom. The van der Waals surface area contributed by atoms with E-state index in [9.17, 15) is 9.18 Å². The lowest BCUT2D eigenvalue weighted by Crippen LogP contribution is -2.35. The van der Waals surface area contributed by atoms with Gasteiger partial charge in [-0.25, -0.2) is 4.79 Å². The second-order valence-electron chi connectivity index (χ2n) is 2.17. The van der Waals surface area contributed by atoms with Gasteiger partial charge in [0, 0.05) is 20.6 Å². The van der Waals surface area contributed by atoms with Crippen LogP contribution in [0.25, 0.3) is 0 Å². The molecule has 0 radical (unpaired) electrons. The number of halogens is 1. The van der Waals surface area contributed by atoms with Gasteiger partial charge in [-0.05, 0) is 6.42 Å². The van der Waals surface area contributed by atoms with E-state index in [2.05, 4.69) is 5.32 Å². The second kappa shape index (κ2) is 5.02. The molecule has 60 valence electrons. The Bertz CT molecular complexity index is 106. The third-order valence-electron chi connectivity index (χ3n) is 0.993. The molecule has 0 saturated heterocycles. The number of urea groups is 1. The van der Waals surface area contributed by atoms with Crippen LogP contribution in [-0.4, -0.2) is 38.2 Å². The normalized spacial score (nSPS) is 9.10. The molecule has 4 heteroatoms. The maximum absolute atomic E-state index is 11.5. The van der Waals surface area contributed by atoms with Crippen molar-refractivity contribution in [2.24, 2.45) is 0 Å². The topological polar surface area (TPSA) is 32.3 Å². The number of hydrogen-bond donors (Lipinski definition) is 1. The number of rotatable bonds is 3. The minimum absolute atomic E-state index is 0.173. The molecule has 2 amide bonds. The number of nitrogens with one attached hydrogen (secondary N) is 1. The highest BCUT2D eigenvalue weighted by Crippen LogP contribution is 1.80. The molecular formula is C6H13FN2O. The molecule has 0 heterocycles. The maximum atomic E-state index is 11.5. The highest BCUT2D eigenvalue weighted by molar-refractivity contribution is 5.73. The zero-order chi connectivity index (χ0) is 7.98. The predicted molar refractivity (Wildman–Crippen MR) is 37.7 cm³/mol. The summed E-state index contributed by atoms with van der Waals surface area (Å²) in [5.74, 6) is 0. The Morgan fingerprint density at radius 3 is 2.60 bits per heavy atom. The van der Waals surface area contributed by atoms with Crippen molar-refractivity contribution in [1.82, 2.24) is 10.2 Å². The van der Waals surface area contributed by atoms with Crippen LogP contribution in [0.15, 0.2) is 0 Å². The van der Waals surface area contributed by atoms with E-state index in [1.807, 2.05) is 0 Å². The van der Waals surface area contributed by atoms with Crippen LogP contribution in [0.4, 0.5) is 9.18 Å². The zero-order valence-corrected chi connectivity index (χ0v) is 6.35. The first-order valence-electron chi connectivity index (χ1n) is 3.19. The molecule has 1 N–H and O–H groups in total. The average Bonchev–Trinajstić information content (AvgIpc) is 1.88. The molecular weight excluding hydrogens is 135 g/mol. The van der Waals surface area contributed by atoms with Crippen molar-refractivity contribution < 1.29 is 9.18 Å². The van der Waals surface area contributed by atoms with E-state index in [1.165, 1.54) is 4.90 Å². The summed E-state index contributed by atoms with van der Waals surface area (Å²) in [6, 6.07) is -0.173. The summed E-state index contributed by atoms with van der Waals surface area (Å²) in [6.45, 7) is 0.0290. The van der Waals surface area contributed by atoms with Crippen LogP contribution in [0.1, 0.15) is 6.42 Å². The summed E-state index contributed by atoms with van der Waals surface area (Å²) >= 11 is 0. The van der Waals surface area contributed by atoms with Crippen LogP contribution < -0.4 is 5.32 Å². The lowest BCUT2D eigenvalue weighted by atomic mass is 10.5. The maximum Gasteiger partial charge on any atom is 0.316 e. The third kappa shape index (κ3) is 4.12. The molecule has 0 saturated carbocycles. The Kier molecular flexibility index (Phi) is 4.62. The first kappa shape index (κ1) is 9.20. The number of alkyl halides is 1. The molecule has 10 heavy (non-hydrogen) atoms. The SMILES string of the molecule is CN(C)C(=O)NCCCF. The highest BCUT2D eigenvalue weighted by Gasteiger charge is 1.99. The van der Waals surface area contributed by atoms with Gasteiger partial charge >= 0.3 is 6.03 Å². The van der Waals surface area contributed by atoms with Crippen molar-refractivity contribution >= 4 is 6.03 Å². The number of amides is 2. The van der Waals surface area contributed by atoms with E-state index in [-0.39, 0.29) is 12.7 Å². The van der Waals surface area contributed by atoms with Gasteiger partial charge in [0.15, 0.2) is 0 Å². The Balaban J connectivity index is 3.22. The van der Waals surface area contributed by atoms with Crippen molar-refractivity contribution in [3.8, 4) is 0 Å². The fourth-order valence-corrected chi connectivity index (χ4v) is 0.420. The minimum atomic E-state index is -0.381. The Labute approximate surface area is 60.2 Å². The first-order valence-corrected chi connectivity index (χ1v) is 3.19. The van der Waals surface area contributed by atoms with Gasteiger partial charge in [0.05, 0.1) is 6.67 Å². The van der Waals surface area contributed by atoms with E-state index >= 15 is 0 Å². The molecule has 0 aliphatic rings. The molecule has 0 bridgehead atoms. The largest absolute Gasteiger partial charge is 0.338 e. The second-order valence-corrected chi connectivity index (χ2v) is 2.17. The van der Waals surface area contributed by atoms with Gasteiger partial charge in [0.2, 0.25) is 0 Å². The van der Waals surface area contributed by atoms with Gasteiger partial charge in [0.1, 0.15) is 0 Å². The van der Waals surface area contributed by atoms with Gasteiger partial charge in [0.25, 0.3) is 0 Å². The quantitative estimate of drug-likeness (QED) is 0.584. The Hall–Kier alpha value is -0.800. The molecule has 0 aromatic rings. The van der Waals surface area contributed by atoms with Crippen molar-refractivity contribution in [2.45, 2.75) is 6.42 Å². The summed E-state index contributed by atoms with van der Waals surface area (Å²) in [5, 5.41) is 2.53. The molecule has 0 spiro atoms. The molecule has 0 atom stereocenters. The van der Waals surface area contributed by atoms with E-state index < -0.39 is 0 Å². The van der Waals surface area contributed by atoms with Gasteiger partial charge in [-0.3, -0.25) is 4.39 Å². The minimum Gasteiger partial charge on any atom is -0.338 e. The molecule has 0 unspecified atom stereocenters. The van der Waals surface area contributed by atoms with Crippen molar-refractivity contribution in [3.63, 3.8) is 0 Å². The van der Waals surface area contributed by atoms with Crippen molar-refractivity contribution in [2.75, 3.05) is 27.3 Å². The number of carbonyl (C=O) groups is 1. The zero-order valence-electron chi connectivity index (χ0n) is 6.35. The smallest absolute Gasteiger partial charge is 0.316 e. The molecule has 3 nitrogen and oxygen atoms in total. The van der Waals surface area contributed by atoms with Crippen LogP contribution in [0.5, 0.6) is 0 Å². The lowest BCUT2D eigenvalue weighted by Gasteiger charge is -2.10. The average molecular weight is 148 g/mol. The van der Waals surface area contributed by atoms with Gasteiger partial charge in [-0.15, -0.1) is 0 Å². The summed E-state index contributed by atoms with van der Waals surface area (Å²) < 4.78 is 11.5. The monoisotopic (exact) mass is 148 g/mol. The van der Waals surface area contributed by atoms with Crippen LogP contribution in [0, 0.1) is 0 Å². The molecule has 0 aliphatic carbocycles. The summed E-state index contributed by atoms with van der Waals surface area (Å²) in [4.78, 5) is 12.1. The van der Waals surface area contributed by atoms with Crippen molar-refractivity contribution in [3.05, 3.63) is 0 Å². The summed E-state index contributed by atoms with van der Waals surface area (Å²) in [5.41, 5.74) is 0. The molecule has 0 rings (SSSR count). The third-order valence-corrected chi connectivity index (χ3v) is 0.993. The standard InChI is InChI=1S/C6H13FN2O/c1-9(2)6(10)8-5-3-4-7/h3-5H2,1-2H3,(H,8,10). The molecule has 0 aromatic carbocycles. The summed E-state index contributed by atoms with van der Waals surface area (Å²) in [6.07, 6.45) is 0.388. The van der Waals surface area contributed by atoms with Gasteiger partial charge in [-0.1, -0.05) is 0 Å². The fraction of sp³-hybridized carbons (Fsp3) is 0.833. The van der Waals surface area contributed by atoms with Gasteiger partial charge < -0.3 is 10.2 Å². The highest BCUT2D eigenvalue weighted by atomic mass is 19.1. The van der Waals surface area contributed by atoms with E-state index in [0.29, 0.717) is 13.0 Å². The molecule has 0 aliphatic heterocycles. The fourth-order valence-electron chi connectivity index (χ4n) is 0.420. The van der Waals surface area contributed by atoms with Crippen molar-refractivity contribution in [1.29, 1.82) is 0 Å². The van der Waals surface area contributed by atoms with Crippen LogP contribution in [-0.2, 0) is 0 Å². The van der Waals surface area contributed by atoms with E-state index in [1.54, 1.807) is 14.1 Å². The van der Waals surface area contributed by atoms with Crippen LogP contribution in [0.2, 0.25) is 0 Å². The summed E-state index contributed by atoms with van der Waals surface area (Å²) in [7, 11) is 3.29. The molecule has 0 aromatic heterocycles. The van der Waals surface area contributed by atoms with Gasteiger partial charge in [-0.2, -0.15) is 0 Å². The van der Waals surface area contributed by atoms with E-state index in [4.69, 9.17) is 0 Å². The van der Waals surface area contributed by atoms with Crippen LogP contribution in [0.3, 0.4) is 0 Å². The van der Waals surface area contributed by atoms with Crippen LogP contribution >= 0.6 is 0 Å². The number of nitrogens with zero attached hydrogens (tertiary/aromatic N) is 1. The molecule has 0 fully saturated rings. The Morgan fingerprint density at radius 1 is 1.60 bits per heavy atom.